The predicted octanol–water partition coefficient (Wildman–Crippen LogP) is 0.584. The molecular formula is C11H13N7. The van der Waals surface area contributed by atoms with E-state index >= 15 is 0 Å². The molecule has 1 aliphatic carbocycles. The second-order valence-corrected chi connectivity index (χ2v) is 5.12. The third kappa shape index (κ3) is 1.16. The Morgan fingerprint density at radius 3 is 3.00 bits per heavy atom. The number of aromatic amines is 1. The molecule has 0 amide bonds. The van der Waals surface area contributed by atoms with Gasteiger partial charge in [0.2, 0.25) is 0 Å². The smallest absolute Gasteiger partial charge is 0.189 e. The molecule has 3 aromatic rings. The fraction of sp³-hybridized carbons (Fsp3) is 0.455. The zero-order chi connectivity index (χ0) is 12.3. The van der Waals surface area contributed by atoms with Crippen molar-refractivity contribution in [2.24, 2.45) is 11.7 Å². The van der Waals surface area contributed by atoms with Crippen molar-refractivity contribution < 1.29 is 0 Å². The first-order valence-corrected chi connectivity index (χ1v) is 6.00. The lowest BCUT2D eigenvalue weighted by atomic mass is 9.96. The number of nitrogens with one attached hydrogen (secondary N) is 1. The number of hydrogen-bond acceptors (Lipinski definition) is 5. The number of hydrogen-bond donors (Lipinski definition) is 2. The van der Waals surface area contributed by atoms with Crippen LogP contribution in [-0.4, -0.2) is 29.5 Å². The quantitative estimate of drug-likeness (QED) is 0.686. The van der Waals surface area contributed by atoms with Crippen molar-refractivity contribution in [3.8, 4) is 0 Å². The maximum Gasteiger partial charge on any atom is 0.189 e. The Hall–Kier alpha value is -2.02. The molecule has 3 aromatic heterocycles. The van der Waals surface area contributed by atoms with Gasteiger partial charge < -0.3 is 10.7 Å². The molecule has 1 aliphatic rings. The maximum atomic E-state index is 6.40. The second-order valence-electron chi connectivity index (χ2n) is 5.12. The minimum atomic E-state index is -0.450. The van der Waals surface area contributed by atoms with Gasteiger partial charge in [0.25, 0.3) is 0 Å². The van der Waals surface area contributed by atoms with E-state index in [0.717, 1.165) is 29.8 Å². The zero-order valence-corrected chi connectivity index (χ0v) is 9.96. The van der Waals surface area contributed by atoms with Crippen LogP contribution in [0.25, 0.3) is 16.8 Å². The van der Waals surface area contributed by atoms with Gasteiger partial charge in [-0.15, -0.1) is 10.2 Å². The number of imidazole rings is 1. The minimum Gasteiger partial charge on any atom is -0.340 e. The van der Waals surface area contributed by atoms with Crippen LogP contribution in [0, 0.1) is 5.92 Å². The van der Waals surface area contributed by atoms with E-state index in [0.29, 0.717) is 11.6 Å². The van der Waals surface area contributed by atoms with E-state index < -0.39 is 5.54 Å². The van der Waals surface area contributed by atoms with Gasteiger partial charge in [0.15, 0.2) is 17.1 Å². The fourth-order valence-electron chi connectivity index (χ4n) is 2.47. The minimum absolute atomic E-state index is 0.450. The number of rotatable bonds is 2. The molecule has 1 unspecified atom stereocenters. The van der Waals surface area contributed by atoms with Crippen molar-refractivity contribution in [1.82, 2.24) is 29.5 Å². The van der Waals surface area contributed by atoms with E-state index in [4.69, 9.17) is 5.73 Å². The van der Waals surface area contributed by atoms with Crippen molar-refractivity contribution in [1.29, 1.82) is 0 Å². The van der Waals surface area contributed by atoms with Crippen LogP contribution in [-0.2, 0) is 5.54 Å². The molecule has 3 heterocycles. The molecular weight excluding hydrogens is 230 g/mol. The van der Waals surface area contributed by atoms with Gasteiger partial charge in [-0.3, -0.25) is 4.40 Å². The molecule has 4 rings (SSSR count). The number of H-pyrrole nitrogens is 1. The summed E-state index contributed by atoms with van der Waals surface area (Å²) in [7, 11) is 0. The largest absolute Gasteiger partial charge is 0.340 e. The third-order valence-electron chi connectivity index (χ3n) is 3.74. The summed E-state index contributed by atoms with van der Waals surface area (Å²) >= 11 is 0. The maximum absolute atomic E-state index is 6.40. The van der Waals surface area contributed by atoms with Crippen LogP contribution in [0.5, 0.6) is 0 Å². The fourth-order valence-corrected chi connectivity index (χ4v) is 2.47. The zero-order valence-electron chi connectivity index (χ0n) is 9.96. The van der Waals surface area contributed by atoms with E-state index in [9.17, 15) is 0 Å². The van der Waals surface area contributed by atoms with Gasteiger partial charge in [0.1, 0.15) is 11.8 Å². The summed E-state index contributed by atoms with van der Waals surface area (Å²) in [6.45, 7) is 2.01. The van der Waals surface area contributed by atoms with E-state index in [2.05, 4.69) is 25.1 Å². The van der Waals surface area contributed by atoms with Gasteiger partial charge in [0, 0.05) is 0 Å². The van der Waals surface area contributed by atoms with Crippen molar-refractivity contribution in [2.45, 2.75) is 25.3 Å². The Kier molecular flexibility index (Phi) is 1.69. The monoisotopic (exact) mass is 243 g/mol. The van der Waals surface area contributed by atoms with Crippen molar-refractivity contribution >= 4 is 16.8 Å². The number of aromatic nitrogens is 6. The molecule has 0 spiro atoms. The van der Waals surface area contributed by atoms with Gasteiger partial charge in [-0.2, -0.15) is 0 Å². The molecule has 0 aliphatic heterocycles. The first-order chi connectivity index (χ1) is 8.68. The highest BCUT2D eigenvalue weighted by molar-refractivity contribution is 5.84. The molecule has 7 heteroatoms. The highest BCUT2D eigenvalue weighted by Gasteiger charge is 2.43. The second kappa shape index (κ2) is 3.05. The lowest BCUT2D eigenvalue weighted by Gasteiger charge is -2.21. The summed E-state index contributed by atoms with van der Waals surface area (Å²) in [5, 5.41) is 8.48. The normalized spacial score (nSPS) is 19.4. The molecule has 1 atom stereocenters. The highest BCUT2D eigenvalue weighted by atomic mass is 15.3. The van der Waals surface area contributed by atoms with E-state index in [1.165, 1.54) is 0 Å². The van der Waals surface area contributed by atoms with Crippen LogP contribution < -0.4 is 5.73 Å². The van der Waals surface area contributed by atoms with Gasteiger partial charge in [0.05, 0.1) is 11.9 Å². The highest BCUT2D eigenvalue weighted by Crippen LogP contribution is 2.43. The standard InChI is InChI=1S/C11H13N7/c1-11(12,6-2-3-6)10-17-16-9-7-8(14-4-13-7)15-5-18(9)10/h4-6H,2-3,12H2,1H3,(H,13,14). The number of fused-ring (bicyclic) bond motifs is 3. The molecule has 92 valence electrons. The predicted molar refractivity (Wildman–Crippen MR) is 64.7 cm³/mol. The summed E-state index contributed by atoms with van der Waals surface area (Å²) in [6.07, 6.45) is 5.61. The van der Waals surface area contributed by atoms with Crippen LogP contribution in [0.2, 0.25) is 0 Å². The molecule has 0 radical (unpaired) electrons. The van der Waals surface area contributed by atoms with Crippen LogP contribution in [0.1, 0.15) is 25.6 Å². The van der Waals surface area contributed by atoms with Crippen molar-refractivity contribution in [2.75, 3.05) is 0 Å². The molecule has 0 bridgehead atoms. The van der Waals surface area contributed by atoms with E-state index in [1.54, 1.807) is 12.7 Å². The molecule has 1 fully saturated rings. The average Bonchev–Trinajstić information content (AvgIpc) is 2.95. The van der Waals surface area contributed by atoms with Crippen LogP contribution >= 0.6 is 0 Å². The van der Waals surface area contributed by atoms with Crippen LogP contribution in [0.3, 0.4) is 0 Å². The SMILES string of the molecule is CC(N)(c1nnc2c3[nH]cnc3ncn12)C1CC1. The van der Waals surface area contributed by atoms with Gasteiger partial charge in [-0.25, -0.2) is 9.97 Å². The van der Waals surface area contributed by atoms with Gasteiger partial charge in [-0.05, 0) is 25.7 Å². The summed E-state index contributed by atoms with van der Waals surface area (Å²) in [5.74, 6) is 1.26. The molecule has 0 saturated heterocycles. The Morgan fingerprint density at radius 2 is 2.22 bits per heavy atom. The van der Waals surface area contributed by atoms with Gasteiger partial charge in [-0.1, -0.05) is 0 Å². The third-order valence-corrected chi connectivity index (χ3v) is 3.74. The van der Waals surface area contributed by atoms with E-state index in [-0.39, 0.29) is 0 Å². The van der Waals surface area contributed by atoms with Crippen LogP contribution in [0.4, 0.5) is 0 Å². The van der Waals surface area contributed by atoms with E-state index in [1.807, 2.05) is 11.3 Å². The molecule has 0 aromatic carbocycles. The number of nitrogens with zero attached hydrogens (tertiary/aromatic N) is 5. The summed E-state index contributed by atoms with van der Waals surface area (Å²) < 4.78 is 1.86. The Labute approximate surface area is 102 Å². The molecule has 3 N–H and O–H groups in total. The van der Waals surface area contributed by atoms with Crippen molar-refractivity contribution in [3.63, 3.8) is 0 Å². The summed E-state index contributed by atoms with van der Waals surface area (Å²) in [4.78, 5) is 11.4. The Morgan fingerprint density at radius 1 is 1.39 bits per heavy atom. The summed E-state index contributed by atoms with van der Waals surface area (Å²) in [5.41, 5.74) is 8.11. The topological polar surface area (TPSA) is 97.8 Å². The summed E-state index contributed by atoms with van der Waals surface area (Å²) in [6, 6.07) is 0. The lowest BCUT2D eigenvalue weighted by Crippen LogP contribution is -2.37. The first kappa shape index (κ1) is 9.95. The molecule has 1 saturated carbocycles. The Balaban J connectivity index is 2.02. The lowest BCUT2D eigenvalue weighted by molar-refractivity contribution is 0.396. The number of nitrogens with two attached hydrogens (primary N) is 1. The average molecular weight is 243 g/mol. The first-order valence-electron chi connectivity index (χ1n) is 6.00. The molecule has 18 heavy (non-hydrogen) atoms. The molecule has 7 nitrogen and oxygen atoms in total. The van der Waals surface area contributed by atoms with Crippen molar-refractivity contribution in [3.05, 3.63) is 18.5 Å². The Bertz CT molecular complexity index is 734. The van der Waals surface area contributed by atoms with Crippen LogP contribution in [0.15, 0.2) is 12.7 Å². The van der Waals surface area contributed by atoms with Gasteiger partial charge >= 0.3 is 0 Å².